The Labute approximate surface area is 159 Å². The summed E-state index contributed by atoms with van der Waals surface area (Å²) in [7, 11) is 0. The van der Waals surface area contributed by atoms with Crippen LogP contribution >= 0.6 is 0 Å². The van der Waals surface area contributed by atoms with Crippen LogP contribution in [0.15, 0.2) is 23.0 Å². The molecule has 6 heteroatoms. The van der Waals surface area contributed by atoms with Crippen molar-refractivity contribution in [3.63, 3.8) is 0 Å². The molecule has 2 aromatic rings. The smallest absolute Gasteiger partial charge is 0.384 e. The first-order valence-corrected chi connectivity index (χ1v) is 7.63. The average molecular weight is 374 g/mol. The Bertz CT molecular complexity index is 713. The maximum atomic E-state index is 11.2. The van der Waals surface area contributed by atoms with Crippen LogP contribution < -0.4 is 16.7 Å². The van der Waals surface area contributed by atoms with Crippen LogP contribution in [0.5, 0.6) is 0 Å². The van der Waals surface area contributed by atoms with Crippen LogP contribution in [0.4, 0.5) is 11.5 Å². The molecule has 2 aliphatic rings. The maximum Gasteiger partial charge on any atom is 2.00 e. The van der Waals surface area contributed by atoms with E-state index in [4.69, 9.17) is 5.73 Å². The predicted octanol–water partition coefficient (Wildman–Crippen LogP) is 2.34. The van der Waals surface area contributed by atoms with Crippen LogP contribution in [-0.2, 0) is 17.1 Å². The maximum absolute atomic E-state index is 11.2. The number of aromatic nitrogens is 2. The van der Waals surface area contributed by atoms with E-state index in [1.54, 1.807) is 0 Å². The number of rotatable bonds is 3. The van der Waals surface area contributed by atoms with Gasteiger partial charge in [-0.05, 0) is 76.0 Å². The molecule has 4 N–H and O–H groups in total. The van der Waals surface area contributed by atoms with Crippen molar-refractivity contribution in [1.82, 2.24) is 9.97 Å². The van der Waals surface area contributed by atoms with Crippen molar-refractivity contribution >= 4 is 22.4 Å². The summed E-state index contributed by atoms with van der Waals surface area (Å²) in [6, 6.07) is 5.61. The number of nitrogens with two attached hydrogens (primary N) is 1. The number of nitrogens with one attached hydrogen (secondary N) is 2. The number of aromatic amines is 1. The zero-order valence-corrected chi connectivity index (χ0v) is 14.5. The van der Waals surface area contributed by atoms with E-state index in [0.717, 1.165) is 17.6 Å². The summed E-state index contributed by atoms with van der Waals surface area (Å²) in [4.78, 5) is 17.6. The second-order valence-corrected chi connectivity index (χ2v) is 5.30. The molecule has 0 bridgehead atoms. The minimum Gasteiger partial charge on any atom is -0.384 e. The molecule has 126 valence electrons. The molecule has 2 aliphatic carbocycles. The van der Waals surface area contributed by atoms with E-state index >= 15 is 0 Å². The predicted molar refractivity (Wildman–Crippen MR) is 97.2 cm³/mol. The Morgan fingerprint density at radius 2 is 1.64 bits per heavy atom. The zero-order valence-electron chi connectivity index (χ0n) is 13.4. The van der Waals surface area contributed by atoms with Gasteiger partial charge < -0.3 is 16.0 Å². The van der Waals surface area contributed by atoms with Crippen LogP contribution in [-0.4, -0.2) is 16.5 Å². The molecule has 0 unspecified atom stereocenters. The van der Waals surface area contributed by atoms with Crippen LogP contribution in [0.1, 0.15) is 0 Å². The van der Waals surface area contributed by atoms with Gasteiger partial charge in [0, 0.05) is 23.5 Å². The summed E-state index contributed by atoms with van der Waals surface area (Å²) in [6.07, 6.45) is 18.1. The van der Waals surface area contributed by atoms with Crippen LogP contribution in [0.25, 0.3) is 10.9 Å². The van der Waals surface area contributed by atoms with Gasteiger partial charge in [0.1, 0.15) is 5.82 Å². The van der Waals surface area contributed by atoms with Crippen molar-refractivity contribution in [1.29, 1.82) is 0 Å². The van der Waals surface area contributed by atoms with Crippen molar-refractivity contribution in [2.75, 3.05) is 17.6 Å². The molecule has 0 saturated heterocycles. The van der Waals surface area contributed by atoms with E-state index in [1.165, 1.54) is 5.92 Å². The standard InChI is InChI=1S/C14H13N4O.C5H5.Fe/c15-13-11-7-10(16-8-9-3-1-2-4-9)5-6-12(11)17-14(19)18-13;1-2-4-5-3-1;/h1-7,16H,8H2,(H3,15,17,18,19);1-5H;/q;;+2. The van der Waals surface area contributed by atoms with Gasteiger partial charge in [-0.1, -0.05) is 0 Å². The van der Waals surface area contributed by atoms with Gasteiger partial charge in [0.05, 0.1) is 5.52 Å². The van der Waals surface area contributed by atoms with Crippen LogP contribution in [0, 0.1) is 63.7 Å². The van der Waals surface area contributed by atoms with Gasteiger partial charge in [-0.15, -0.1) is 0 Å². The molecular weight excluding hydrogens is 356 g/mol. The molecule has 0 spiro atoms. The first-order chi connectivity index (χ1) is 11.7. The number of H-pyrrole nitrogens is 1. The van der Waals surface area contributed by atoms with E-state index in [1.807, 2.05) is 63.1 Å². The molecule has 10 radical (unpaired) electrons. The van der Waals surface area contributed by atoms with E-state index in [2.05, 4.69) is 28.1 Å². The van der Waals surface area contributed by atoms with Crippen LogP contribution in [0.3, 0.4) is 0 Å². The number of nitrogen functional groups attached to an aromatic ring is 1. The summed E-state index contributed by atoms with van der Waals surface area (Å²) in [5.41, 5.74) is 6.96. The van der Waals surface area contributed by atoms with Gasteiger partial charge in [0.15, 0.2) is 0 Å². The van der Waals surface area contributed by atoms with E-state index in [-0.39, 0.29) is 22.9 Å². The molecule has 5 nitrogen and oxygen atoms in total. The van der Waals surface area contributed by atoms with Gasteiger partial charge >= 0.3 is 22.8 Å². The minimum atomic E-state index is -0.428. The molecule has 0 amide bonds. The summed E-state index contributed by atoms with van der Waals surface area (Å²) in [5, 5.41) is 4.05. The number of anilines is 2. The Morgan fingerprint density at radius 1 is 1.00 bits per heavy atom. The van der Waals surface area contributed by atoms with Gasteiger partial charge in [-0.3, -0.25) is 0 Å². The molecule has 25 heavy (non-hydrogen) atoms. The fourth-order valence-electron chi connectivity index (χ4n) is 2.34. The summed E-state index contributed by atoms with van der Waals surface area (Å²) >= 11 is 0. The summed E-state index contributed by atoms with van der Waals surface area (Å²) in [5.74, 6) is 1.46. The van der Waals surface area contributed by atoms with Gasteiger partial charge in [0.2, 0.25) is 0 Å². The third-order valence-electron chi connectivity index (χ3n) is 3.54. The largest absolute Gasteiger partial charge is 2.00 e. The Hall–Kier alpha value is -1.52. The van der Waals surface area contributed by atoms with Gasteiger partial charge in [-0.2, -0.15) is 4.98 Å². The Kier molecular flexibility index (Phi) is 7.79. The SMILES string of the molecule is Nc1nc(=O)[nH]c2ccc(NC[C]3[CH][CH][CH][CH]3)cc12.[CH]1[CH][CH][CH][CH]1.[Fe+2]. The Morgan fingerprint density at radius 3 is 2.28 bits per heavy atom. The number of nitrogens with zero attached hydrogens (tertiary/aromatic N) is 1. The normalized spacial score (nSPS) is 17.0. The van der Waals surface area contributed by atoms with Crippen molar-refractivity contribution < 1.29 is 17.1 Å². The molecule has 2 fully saturated rings. The topological polar surface area (TPSA) is 83.8 Å². The van der Waals surface area contributed by atoms with Gasteiger partial charge in [-0.25, -0.2) is 4.79 Å². The van der Waals surface area contributed by atoms with Crippen LogP contribution in [0.2, 0.25) is 0 Å². The Balaban J connectivity index is 0.000000325. The number of hydrogen-bond acceptors (Lipinski definition) is 4. The van der Waals surface area contributed by atoms with Crippen molar-refractivity contribution in [3.8, 4) is 0 Å². The number of hydrogen-bond donors (Lipinski definition) is 3. The molecule has 4 rings (SSSR count). The monoisotopic (exact) mass is 374 g/mol. The second-order valence-electron chi connectivity index (χ2n) is 5.30. The van der Waals surface area contributed by atoms with E-state index in [0.29, 0.717) is 5.52 Å². The molecule has 2 saturated carbocycles. The molecule has 0 aliphatic heterocycles. The third kappa shape index (κ3) is 5.75. The third-order valence-corrected chi connectivity index (χ3v) is 3.54. The second kappa shape index (κ2) is 9.83. The number of fused-ring (bicyclic) bond motifs is 1. The molecule has 1 aromatic carbocycles. The van der Waals surface area contributed by atoms with Crippen molar-refractivity contribution in [2.45, 2.75) is 0 Å². The van der Waals surface area contributed by atoms with Crippen molar-refractivity contribution in [2.24, 2.45) is 0 Å². The summed E-state index contributed by atoms with van der Waals surface area (Å²) < 4.78 is 0. The van der Waals surface area contributed by atoms with E-state index in [9.17, 15) is 4.79 Å². The quantitative estimate of drug-likeness (QED) is 0.721. The fraction of sp³-hybridized carbons (Fsp3) is 0.0526. The first kappa shape index (κ1) is 19.8. The number of benzene rings is 1. The molecule has 1 aromatic heterocycles. The molecule has 1 heterocycles. The average Bonchev–Trinajstić information content (AvgIpc) is 3.29. The first-order valence-electron chi connectivity index (χ1n) is 7.63. The fourth-order valence-corrected chi connectivity index (χ4v) is 2.34. The molecule has 0 atom stereocenters. The zero-order chi connectivity index (χ0) is 16.8. The van der Waals surface area contributed by atoms with Gasteiger partial charge in [0.25, 0.3) is 0 Å². The van der Waals surface area contributed by atoms with E-state index < -0.39 is 5.69 Å². The van der Waals surface area contributed by atoms with Crippen molar-refractivity contribution in [3.05, 3.63) is 92.4 Å². The minimum absolute atomic E-state index is 0. The summed E-state index contributed by atoms with van der Waals surface area (Å²) in [6.45, 7) is 0.745. The molecular formula is C19H18FeN4O+2.